The highest BCUT2D eigenvalue weighted by Gasteiger charge is 2.19. The molecular weight excluding hydrogens is 621 g/mol. The van der Waals surface area contributed by atoms with E-state index < -0.39 is 0 Å². The summed E-state index contributed by atoms with van der Waals surface area (Å²) in [6.07, 6.45) is 0. The van der Waals surface area contributed by atoms with Crippen molar-refractivity contribution in [2.45, 2.75) is 0 Å². The molecule has 10 aromatic rings. The lowest BCUT2D eigenvalue weighted by molar-refractivity contribution is 1.08. The zero-order valence-corrected chi connectivity index (χ0v) is 27.6. The van der Waals surface area contributed by atoms with Crippen LogP contribution in [0.15, 0.2) is 182 Å². The third-order valence-corrected chi connectivity index (χ3v) is 9.82. The highest BCUT2D eigenvalue weighted by Crippen LogP contribution is 2.39. The van der Waals surface area contributed by atoms with Gasteiger partial charge in [0.25, 0.3) is 0 Å². The van der Waals surface area contributed by atoms with Gasteiger partial charge in [0.1, 0.15) is 0 Å². The standard InChI is InChI=1S/C47H30N4/c1-3-15-31(16-4-1)45-48-46(50-47(49-45)42-30-33-17-7-8-22-36(33)38-23-9-10-24-39(38)42)34-19-13-18-32(29-34)37-26-14-27-41-40-25-11-12-28-43(40)51(44(37)41)35-20-5-2-6-21-35/h1-30H. The Morgan fingerprint density at radius 3 is 1.73 bits per heavy atom. The molecule has 0 radical (unpaired) electrons. The predicted molar refractivity (Wildman–Crippen MR) is 211 cm³/mol. The fourth-order valence-corrected chi connectivity index (χ4v) is 7.50. The van der Waals surface area contributed by atoms with Gasteiger partial charge in [-0.3, -0.25) is 0 Å². The van der Waals surface area contributed by atoms with Crippen molar-refractivity contribution in [1.82, 2.24) is 19.5 Å². The van der Waals surface area contributed by atoms with E-state index in [0.717, 1.165) is 44.3 Å². The number of nitrogens with zero attached hydrogens (tertiary/aromatic N) is 4. The molecule has 0 atom stereocenters. The van der Waals surface area contributed by atoms with Gasteiger partial charge in [-0.1, -0.05) is 152 Å². The van der Waals surface area contributed by atoms with Crippen LogP contribution in [0.5, 0.6) is 0 Å². The molecule has 8 aromatic carbocycles. The third-order valence-electron chi connectivity index (χ3n) is 9.82. The van der Waals surface area contributed by atoms with Crippen LogP contribution in [-0.2, 0) is 0 Å². The molecule has 0 aliphatic heterocycles. The minimum Gasteiger partial charge on any atom is -0.309 e. The predicted octanol–water partition coefficient (Wildman–Crippen LogP) is 11.9. The van der Waals surface area contributed by atoms with Gasteiger partial charge in [0, 0.05) is 38.7 Å². The summed E-state index contributed by atoms with van der Waals surface area (Å²) in [6, 6.07) is 63.9. The van der Waals surface area contributed by atoms with Crippen LogP contribution in [0.4, 0.5) is 0 Å². The quantitative estimate of drug-likeness (QED) is 0.174. The molecule has 0 fully saturated rings. The molecule has 0 N–H and O–H groups in total. The lowest BCUT2D eigenvalue weighted by Crippen LogP contribution is -2.01. The van der Waals surface area contributed by atoms with Crippen LogP contribution < -0.4 is 0 Å². The molecule has 10 rings (SSSR count). The summed E-state index contributed by atoms with van der Waals surface area (Å²) in [7, 11) is 0. The minimum atomic E-state index is 0.633. The normalized spacial score (nSPS) is 11.5. The minimum absolute atomic E-state index is 0.633. The van der Waals surface area contributed by atoms with Gasteiger partial charge >= 0.3 is 0 Å². The van der Waals surface area contributed by atoms with Crippen molar-refractivity contribution in [3.8, 4) is 51.0 Å². The summed E-state index contributed by atoms with van der Waals surface area (Å²) >= 11 is 0. The molecule has 0 aliphatic carbocycles. The van der Waals surface area contributed by atoms with Crippen LogP contribution in [0.25, 0.3) is 94.3 Å². The van der Waals surface area contributed by atoms with E-state index in [9.17, 15) is 0 Å². The highest BCUT2D eigenvalue weighted by molar-refractivity contribution is 6.14. The molecule has 0 saturated heterocycles. The van der Waals surface area contributed by atoms with Gasteiger partial charge in [-0.15, -0.1) is 0 Å². The molecular formula is C47H30N4. The molecule has 0 amide bonds. The second kappa shape index (κ2) is 11.9. The number of rotatable bonds is 5. The van der Waals surface area contributed by atoms with Gasteiger partial charge < -0.3 is 4.57 Å². The van der Waals surface area contributed by atoms with E-state index in [-0.39, 0.29) is 0 Å². The van der Waals surface area contributed by atoms with Crippen molar-refractivity contribution in [3.05, 3.63) is 182 Å². The molecule has 51 heavy (non-hydrogen) atoms. The summed E-state index contributed by atoms with van der Waals surface area (Å²) in [5.41, 5.74) is 8.58. The van der Waals surface area contributed by atoms with Crippen LogP contribution >= 0.6 is 0 Å². The first-order chi connectivity index (χ1) is 25.3. The van der Waals surface area contributed by atoms with E-state index in [1.165, 1.54) is 32.6 Å². The van der Waals surface area contributed by atoms with E-state index in [1.807, 2.05) is 18.2 Å². The first kappa shape index (κ1) is 29.0. The van der Waals surface area contributed by atoms with Gasteiger partial charge in [-0.25, -0.2) is 15.0 Å². The van der Waals surface area contributed by atoms with Crippen molar-refractivity contribution in [2.75, 3.05) is 0 Å². The number of hydrogen-bond donors (Lipinski definition) is 0. The monoisotopic (exact) mass is 650 g/mol. The van der Waals surface area contributed by atoms with Crippen LogP contribution in [0.2, 0.25) is 0 Å². The number of hydrogen-bond acceptors (Lipinski definition) is 3. The second-order valence-corrected chi connectivity index (χ2v) is 12.8. The largest absolute Gasteiger partial charge is 0.309 e. The first-order valence-electron chi connectivity index (χ1n) is 17.2. The Balaban J connectivity index is 1.20. The zero-order valence-electron chi connectivity index (χ0n) is 27.6. The second-order valence-electron chi connectivity index (χ2n) is 12.8. The van der Waals surface area contributed by atoms with E-state index in [1.54, 1.807) is 0 Å². The third kappa shape index (κ3) is 4.88. The van der Waals surface area contributed by atoms with Crippen molar-refractivity contribution in [1.29, 1.82) is 0 Å². The number of aromatic nitrogens is 4. The lowest BCUT2D eigenvalue weighted by atomic mass is 9.96. The average Bonchev–Trinajstić information content (AvgIpc) is 3.56. The Hall–Kier alpha value is -6.91. The van der Waals surface area contributed by atoms with Crippen molar-refractivity contribution in [3.63, 3.8) is 0 Å². The van der Waals surface area contributed by atoms with Gasteiger partial charge in [-0.05, 0) is 57.4 Å². The molecule has 238 valence electrons. The molecule has 0 bridgehead atoms. The van der Waals surface area contributed by atoms with Crippen LogP contribution in [-0.4, -0.2) is 19.5 Å². The Kier molecular flexibility index (Phi) is 6.78. The molecule has 2 aromatic heterocycles. The average molecular weight is 651 g/mol. The Morgan fingerprint density at radius 1 is 0.333 bits per heavy atom. The van der Waals surface area contributed by atoms with Crippen molar-refractivity contribution >= 4 is 43.4 Å². The van der Waals surface area contributed by atoms with Crippen LogP contribution in [0.1, 0.15) is 0 Å². The van der Waals surface area contributed by atoms with Gasteiger partial charge in [0.05, 0.1) is 11.0 Å². The van der Waals surface area contributed by atoms with Crippen LogP contribution in [0.3, 0.4) is 0 Å². The summed E-state index contributed by atoms with van der Waals surface area (Å²) in [6.45, 7) is 0. The van der Waals surface area contributed by atoms with Gasteiger partial charge in [0.15, 0.2) is 17.5 Å². The summed E-state index contributed by atoms with van der Waals surface area (Å²) < 4.78 is 2.38. The molecule has 2 heterocycles. The maximum absolute atomic E-state index is 5.23. The molecule has 4 nitrogen and oxygen atoms in total. The summed E-state index contributed by atoms with van der Waals surface area (Å²) in [5.74, 6) is 1.93. The van der Waals surface area contributed by atoms with E-state index in [4.69, 9.17) is 15.0 Å². The lowest BCUT2D eigenvalue weighted by Gasteiger charge is -2.14. The number of para-hydroxylation sites is 3. The number of benzene rings is 8. The number of fused-ring (bicyclic) bond motifs is 6. The molecule has 0 aliphatic rings. The zero-order chi connectivity index (χ0) is 33.7. The van der Waals surface area contributed by atoms with Crippen molar-refractivity contribution < 1.29 is 0 Å². The van der Waals surface area contributed by atoms with E-state index in [2.05, 4.69) is 168 Å². The highest BCUT2D eigenvalue weighted by atomic mass is 15.0. The fraction of sp³-hybridized carbons (Fsp3) is 0. The smallest absolute Gasteiger partial charge is 0.164 e. The van der Waals surface area contributed by atoms with E-state index >= 15 is 0 Å². The Morgan fingerprint density at radius 2 is 0.902 bits per heavy atom. The summed E-state index contributed by atoms with van der Waals surface area (Å²) in [4.78, 5) is 15.5. The molecule has 4 heteroatoms. The Labute approximate surface area is 295 Å². The Bertz CT molecular complexity index is 2910. The van der Waals surface area contributed by atoms with Gasteiger partial charge in [0.2, 0.25) is 0 Å². The maximum Gasteiger partial charge on any atom is 0.164 e. The fourth-order valence-electron chi connectivity index (χ4n) is 7.50. The molecule has 0 unspecified atom stereocenters. The van der Waals surface area contributed by atoms with Gasteiger partial charge in [-0.2, -0.15) is 0 Å². The SMILES string of the molecule is c1ccc(-c2nc(-c3cccc(-c4cccc5c6ccccc6n(-c6ccccc6)c45)c3)nc(-c3cc4ccccc4c4ccccc34)n2)cc1. The molecule has 0 saturated carbocycles. The van der Waals surface area contributed by atoms with Crippen LogP contribution in [0, 0.1) is 0 Å². The first-order valence-corrected chi connectivity index (χ1v) is 17.2. The van der Waals surface area contributed by atoms with E-state index in [0.29, 0.717) is 17.5 Å². The molecule has 0 spiro atoms. The summed E-state index contributed by atoms with van der Waals surface area (Å²) in [5, 5.41) is 7.10. The topological polar surface area (TPSA) is 43.6 Å². The van der Waals surface area contributed by atoms with Crippen molar-refractivity contribution in [2.24, 2.45) is 0 Å². The maximum atomic E-state index is 5.23.